The second-order valence-corrected chi connectivity index (χ2v) is 7.26. The summed E-state index contributed by atoms with van der Waals surface area (Å²) in [6, 6.07) is 7.75. The lowest BCUT2D eigenvalue weighted by molar-refractivity contribution is -0.121. The van der Waals surface area contributed by atoms with Crippen LogP contribution in [0.4, 0.5) is 8.78 Å². The predicted octanol–water partition coefficient (Wildman–Crippen LogP) is 5.34. The molecule has 0 fully saturated rings. The van der Waals surface area contributed by atoms with Gasteiger partial charge in [0.15, 0.2) is 5.78 Å². The van der Waals surface area contributed by atoms with Crippen molar-refractivity contribution in [3.63, 3.8) is 0 Å². The number of ketones is 1. The number of Topliss-reactive ketones (excluding diaryl/α,β-unsaturated/α-hetero) is 1. The molecule has 0 bridgehead atoms. The highest BCUT2D eigenvalue weighted by atomic mass is 127. The van der Waals surface area contributed by atoms with Gasteiger partial charge in [-0.1, -0.05) is 34.5 Å². The topological polar surface area (TPSA) is 17.1 Å². The van der Waals surface area contributed by atoms with Gasteiger partial charge in [-0.05, 0) is 66.0 Å². The first-order valence-corrected chi connectivity index (χ1v) is 9.16. The van der Waals surface area contributed by atoms with Crippen LogP contribution in [0.5, 0.6) is 0 Å². The van der Waals surface area contributed by atoms with Crippen LogP contribution in [0.25, 0.3) is 0 Å². The molecule has 1 aromatic rings. The Kier molecular flexibility index (Phi) is 7.47. The molecule has 0 heterocycles. The standard InChI is InChI=1S/C17H18BrF2IO/c1-3-17(19,20)10-5-4-9-16(2,15(22)12-18)13-7-6-8-14(21)11-13/h1,6-8,11H,4-5,9-10,12H2,2H3. The molecule has 0 aromatic heterocycles. The molecule has 5 heteroatoms. The molecule has 0 aliphatic carbocycles. The van der Waals surface area contributed by atoms with Crippen LogP contribution in [0.3, 0.4) is 0 Å². The van der Waals surface area contributed by atoms with Crippen LogP contribution in [0.15, 0.2) is 24.3 Å². The monoisotopic (exact) mass is 482 g/mol. The van der Waals surface area contributed by atoms with Gasteiger partial charge in [0.25, 0.3) is 0 Å². The maximum atomic E-state index is 13.1. The van der Waals surface area contributed by atoms with Crippen molar-refractivity contribution in [2.24, 2.45) is 0 Å². The highest BCUT2D eigenvalue weighted by Crippen LogP contribution is 2.33. The van der Waals surface area contributed by atoms with E-state index in [4.69, 9.17) is 6.42 Å². The third-order valence-electron chi connectivity index (χ3n) is 3.83. The molecule has 0 saturated carbocycles. The van der Waals surface area contributed by atoms with Gasteiger partial charge in [-0.2, -0.15) is 8.78 Å². The summed E-state index contributed by atoms with van der Waals surface area (Å²) in [5, 5.41) is 0.246. The SMILES string of the molecule is C#CC(F)(F)CCCCC(C)(C(=O)CBr)c1cccc(I)c1. The highest BCUT2D eigenvalue weighted by Gasteiger charge is 2.34. The third kappa shape index (κ3) is 5.31. The number of carbonyl (C=O) groups is 1. The van der Waals surface area contributed by atoms with Crippen LogP contribution in [0, 0.1) is 15.9 Å². The molecule has 0 saturated heterocycles. The zero-order valence-corrected chi connectivity index (χ0v) is 16.1. The first-order valence-electron chi connectivity index (χ1n) is 6.96. The molecule has 120 valence electrons. The summed E-state index contributed by atoms with van der Waals surface area (Å²) in [6.45, 7) is 1.88. The lowest BCUT2D eigenvalue weighted by Gasteiger charge is -2.28. The molecular weight excluding hydrogens is 465 g/mol. The number of hydrogen-bond acceptors (Lipinski definition) is 1. The van der Waals surface area contributed by atoms with Crippen LogP contribution in [-0.4, -0.2) is 17.0 Å². The molecule has 0 N–H and O–H groups in total. The zero-order valence-electron chi connectivity index (χ0n) is 12.3. The van der Waals surface area contributed by atoms with Crippen molar-refractivity contribution in [1.82, 2.24) is 0 Å². The van der Waals surface area contributed by atoms with E-state index < -0.39 is 11.3 Å². The highest BCUT2D eigenvalue weighted by molar-refractivity contribution is 14.1. The van der Waals surface area contributed by atoms with E-state index in [-0.39, 0.29) is 17.5 Å². The van der Waals surface area contributed by atoms with Crippen molar-refractivity contribution < 1.29 is 13.6 Å². The minimum absolute atomic E-state index is 0.0539. The van der Waals surface area contributed by atoms with E-state index in [0.29, 0.717) is 19.3 Å². The van der Waals surface area contributed by atoms with Crippen molar-refractivity contribution >= 4 is 44.3 Å². The fourth-order valence-corrected chi connectivity index (χ4v) is 3.48. The van der Waals surface area contributed by atoms with E-state index in [1.807, 2.05) is 31.2 Å². The first kappa shape index (κ1) is 19.6. The molecule has 0 aliphatic heterocycles. The number of halogens is 4. The minimum atomic E-state index is -3.06. The lowest BCUT2D eigenvalue weighted by Crippen LogP contribution is -2.33. The molecule has 1 rings (SSSR count). The number of carbonyl (C=O) groups excluding carboxylic acids is 1. The van der Waals surface area contributed by atoms with Gasteiger partial charge in [0.05, 0.1) is 10.7 Å². The Bertz CT molecular complexity index is 568. The average Bonchev–Trinajstić information content (AvgIpc) is 2.50. The number of hydrogen-bond donors (Lipinski definition) is 0. The summed E-state index contributed by atoms with van der Waals surface area (Å²) in [6.07, 6.45) is 5.80. The van der Waals surface area contributed by atoms with Gasteiger partial charge in [-0.15, -0.1) is 6.42 Å². The van der Waals surface area contributed by atoms with E-state index in [0.717, 1.165) is 9.13 Å². The molecule has 0 aliphatic rings. The fraction of sp³-hybridized carbons (Fsp3) is 0.471. The largest absolute Gasteiger partial charge is 0.307 e. The van der Waals surface area contributed by atoms with Crippen LogP contribution in [0.2, 0.25) is 0 Å². The Labute approximate surface area is 152 Å². The molecule has 1 unspecified atom stereocenters. The average molecular weight is 483 g/mol. The quantitative estimate of drug-likeness (QED) is 0.211. The molecular formula is C17H18BrF2IO. The number of rotatable bonds is 8. The number of alkyl halides is 3. The smallest absolute Gasteiger partial charge is 0.298 e. The first-order chi connectivity index (χ1) is 10.2. The van der Waals surface area contributed by atoms with Crippen LogP contribution in [0.1, 0.15) is 38.2 Å². The Morgan fingerprint density at radius 3 is 2.55 bits per heavy atom. The normalized spacial score (nSPS) is 14.2. The summed E-state index contributed by atoms with van der Waals surface area (Å²) in [5.41, 5.74) is 0.253. The van der Waals surface area contributed by atoms with Crippen molar-refractivity contribution in [3.05, 3.63) is 33.4 Å². The van der Waals surface area contributed by atoms with Gasteiger partial charge in [-0.3, -0.25) is 4.79 Å². The summed E-state index contributed by atoms with van der Waals surface area (Å²) >= 11 is 5.42. The summed E-state index contributed by atoms with van der Waals surface area (Å²) in [5.74, 6) is -1.50. The fourth-order valence-electron chi connectivity index (χ4n) is 2.32. The van der Waals surface area contributed by atoms with E-state index >= 15 is 0 Å². The predicted molar refractivity (Wildman–Crippen MR) is 97.6 cm³/mol. The maximum absolute atomic E-state index is 13.1. The lowest BCUT2D eigenvalue weighted by atomic mass is 9.75. The van der Waals surface area contributed by atoms with Crippen molar-refractivity contribution in [1.29, 1.82) is 0 Å². The van der Waals surface area contributed by atoms with E-state index in [1.54, 1.807) is 0 Å². The Morgan fingerprint density at radius 2 is 2.00 bits per heavy atom. The maximum Gasteiger partial charge on any atom is 0.307 e. The van der Waals surface area contributed by atoms with Crippen LogP contribution in [-0.2, 0) is 10.2 Å². The Hall–Kier alpha value is -0.480. The second-order valence-electron chi connectivity index (χ2n) is 5.46. The van der Waals surface area contributed by atoms with Gasteiger partial charge >= 0.3 is 5.92 Å². The number of benzene rings is 1. The van der Waals surface area contributed by atoms with Crippen molar-refractivity contribution in [2.45, 2.75) is 43.9 Å². The Morgan fingerprint density at radius 1 is 1.36 bits per heavy atom. The van der Waals surface area contributed by atoms with Crippen LogP contribution < -0.4 is 0 Å². The molecule has 1 aromatic carbocycles. The molecule has 0 amide bonds. The third-order valence-corrected chi connectivity index (χ3v) is 5.01. The summed E-state index contributed by atoms with van der Waals surface area (Å²) < 4.78 is 27.2. The second kappa shape index (κ2) is 8.39. The van der Waals surface area contributed by atoms with Gasteiger partial charge in [0.2, 0.25) is 0 Å². The summed E-state index contributed by atoms with van der Waals surface area (Å²) in [7, 11) is 0. The van der Waals surface area contributed by atoms with Gasteiger partial charge in [0.1, 0.15) is 0 Å². The van der Waals surface area contributed by atoms with Crippen LogP contribution >= 0.6 is 38.5 Å². The minimum Gasteiger partial charge on any atom is -0.298 e. The molecule has 1 nitrogen and oxygen atoms in total. The molecule has 0 spiro atoms. The summed E-state index contributed by atoms with van der Waals surface area (Å²) in [4.78, 5) is 12.4. The van der Waals surface area contributed by atoms with E-state index in [1.165, 1.54) is 5.92 Å². The van der Waals surface area contributed by atoms with Crippen molar-refractivity contribution in [3.8, 4) is 12.3 Å². The van der Waals surface area contributed by atoms with Gasteiger partial charge in [0, 0.05) is 9.99 Å². The Balaban J connectivity index is 2.82. The zero-order chi connectivity index (χ0) is 16.8. The van der Waals surface area contributed by atoms with Gasteiger partial charge in [-0.25, -0.2) is 0 Å². The molecule has 0 radical (unpaired) electrons. The van der Waals surface area contributed by atoms with E-state index in [9.17, 15) is 13.6 Å². The van der Waals surface area contributed by atoms with Gasteiger partial charge < -0.3 is 0 Å². The molecule has 1 atom stereocenters. The molecule has 22 heavy (non-hydrogen) atoms. The number of terminal acetylenes is 1. The number of unbranched alkanes of at least 4 members (excludes halogenated alkanes) is 1. The van der Waals surface area contributed by atoms with Crippen molar-refractivity contribution in [2.75, 3.05) is 5.33 Å². The van der Waals surface area contributed by atoms with E-state index in [2.05, 4.69) is 38.5 Å².